The number of halogens is 1. The Labute approximate surface area is 168 Å². The molecule has 138 valence electrons. The van der Waals surface area contributed by atoms with Crippen LogP contribution in [0.15, 0.2) is 29.3 Å². The molecule has 2 fully saturated rings. The predicted octanol–water partition coefficient (Wildman–Crippen LogP) is 3.14. The van der Waals surface area contributed by atoms with Gasteiger partial charge in [0.25, 0.3) is 0 Å². The summed E-state index contributed by atoms with van der Waals surface area (Å²) in [5, 5.41) is 14.6. The normalized spacial score (nSPS) is 31.3. The van der Waals surface area contributed by atoms with E-state index in [9.17, 15) is 5.11 Å². The molecular weight excluding hydrogens is 425 g/mol. The Kier molecular flexibility index (Phi) is 5.93. The van der Waals surface area contributed by atoms with Crippen LogP contribution in [-0.4, -0.2) is 42.6 Å². The number of benzene rings is 1. The first-order valence-corrected chi connectivity index (χ1v) is 9.46. The molecule has 0 aromatic heterocycles. The monoisotopic (exact) mass is 455 g/mol. The lowest BCUT2D eigenvalue weighted by Gasteiger charge is -2.28. The van der Waals surface area contributed by atoms with Gasteiger partial charge in [-0.2, -0.15) is 0 Å². The second-order valence-electron chi connectivity index (χ2n) is 7.80. The molecule has 0 radical (unpaired) electrons. The topological polar surface area (TPSA) is 47.9 Å². The van der Waals surface area contributed by atoms with Gasteiger partial charge in [0.05, 0.1) is 6.54 Å². The molecule has 5 heteroatoms. The van der Waals surface area contributed by atoms with Gasteiger partial charge in [-0.3, -0.25) is 4.99 Å². The molecule has 4 nitrogen and oxygen atoms in total. The number of hydrogen-bond acceptors (Lipinski definition) is 2. The summed E-state index contributed by atoms with van der Waals surface area (Å²) in [4.78, 5) is 6.90. The SMILES string of the molecule is CN=C(NCC1(O)CCc2ccccc21)N1CC2CCCCC2C1.I. The van der Waals surface area contributed by atoms with Crippen molar-refractivity contribution in [3.8, 4) is 0 Å². The van der Waals surface area contributed by atoms with E-state index in [0.717, 1.165) is 49.3 Å². The van der Waals surface area contributed by atoms with Gasteiger partial charge in [-0.05, 0) is 48.6 Å². The lowest BCUT2D eigenvalue weighted by molar-refractivity contribution is 0.0426. The highest BCUT2D eigenvalue weighted by atomic mass is 127. The van der Waals surface area contributed by atoms with Crippen LogP contribution in [0.3, 0.4) is 0 Å². The number of guanidine groups is 1. The molecule has 4 rings (SSSR count). The van der Waals surface area contributed by atoms with Gasteiger partial charge in [0, 0.05) is 20.1 Å². The summed E-state index contributed by atoms with van der Waals surface area (Å²) < 4.78 is 0. The number of fused-ring (bicyclic) bond motifs is 2. The Bertz CT molecular complexity index is 621. The molecule has 1 aromatic carbocycles. The van der Waals surface area contributed by atoms with Crippen molar-refractivity contribution in [1.29, 1.82) is 0 Å². The van der Waals surface area contributed by atoms with Crippen molar-refractivity contribution in [2.45, 2.75) is 44.1 Å². The number of aliphatic hydroxyl groups is 1. The van der Waals surface area contributed by atoms with Crippen LogP contribution in [0.5, 0.6) is 0 Å². The molecule has 0 spiro atoms. The molecular formula is C20H30IN3O. The summed E-state index contributed by atoms with van der Waals surface area (Å²) >= 11 is 0. The van der Waals surface area contributed by atoms with Crippen molar-refractivity contribution in [1.82, 2.24) is 10.2 Å². The molecule has 1 saturated heterocycles. The molecule has 1 aromatic rings. The average Bonchev–Trinajstić information content (AvgIpc) is 3.18. The van der Waals surface area contributed by atoms with E-state index in [4.69, 9.17) is 0 Å². The van der Waals surface area contributed by atoms with E-state index in [0.29, 0.717) is 6.54 Å². The van der Waals surface area contributed by atoms with Crippen LogP contribution >= 0.6 is 24.0 Å². The third-order valence-corrected chi connectivity index (χ3v) is 6.35. The van der Waals surface area contributed by atoms with Crippen molar-refractivity contribution < 1.29 is 5.11 Å². The molecule has 3 aliphatic rings. The zero-order valence-corrected chi connectivity index (χ0v) is 17.4. The van der Waals surface area contributed by atoms with Gasteiger partial charge in [0.15, 0.2) is 5.96 Å². The zero-order valence-electron chi connectivity index (χ0n) is 15.1. The number of likely N-dealkylation sites (tertiary alicyclic amines) is 1. The van der Waals surface area contributed by atoms with Crippen molar-refractivity contribution in [3.63, 3.8) is 0 Å². The number of aliphatic imine (C=N–C) groups is 1. The zero-order chi connectivity index (χ0) is 16.6. The fourth-order valence-corrected chi connectivity index (χ4v) is 4.99. The van der Waals surface area contributed by atoms with Crippen molar-refractivity contribution in [2.75, 3.05) is 26.7 Å². The minimum atomic E-state index is -0.765. The van der Waals surface area contributed by atoms with Gasteiger partial charge in [-0.25, -0.2) is 0 Å². The molecule has 1 saturated carbocycles. The Hall–Kier alpha value is -0.820. The van der Waals surface area contributed by atoms with Gasteiger partial charge in [-0.15, -0.1) is 24.0 Å². The van der Waals surface area contributed by atoms with E-state index in [1.54, 1.807) is 0 Å². The highest BCUT2D eigenvalue weighted by Crippen LogP contribution is 2.37. The maximum atomic E-state index is 11.1. The Balaban J connectivity index is 0.00000182. The minimum absolute atomic E-state index is 0. The van der Waals surface area contributed by atoms with E-state index < -0.39 is 5.60 Å². The predicted molar refractivity (Wildman–Crippen MR) is 112 cm³/mol. The first-order valence-electron chi connectivity index (χ1n) is 9.46. The van der Waals surface area contributed by atoms with Gasteiger partial charge < -0.3 is 15.3 Å². The first-order chi connectivity index (χ1) is 11.7. The average molecular weight is 455 g/mol. The molecule has 3 atom stereocenters. The van der Waals surface area contributed by atoms with Crippen LogP contribution in [0.25, 0.3) is 0 Å². The van der Waals surface area contributed by atoms with E-state index in [2.05, 4.69) is 33.4 Å². The smallest absolute Gasteiger partial charge is 0.193 e. The number of hydrogen-bond donors (Lipinski definition) is 2. The lowest BCUT2D eigenvalue weighted by atomic mass is 9.82. The molecule has 1 aliphatic heterocycles. The quantitative estimate of drug-likeness (QED) is 0.409. The molecule has 3 unspecified atom stereocenters. The third kappa shape index (κ3) is 3.68. The van der Waals surface area contributed by atoms with E-state index >= 15 is 0 Å². The van der Waals surface area contributed by atoms with Crippen LogP contribution in [0.4, 0.5) is 0 Å². The van der Waals surface area contributed by atoms with E-state index in [1.807, 2.05) is 13.1 Å². The van der Waals surface area contributed by atoms with Crippen LogP contribution in [0.1, 0.15) is 43.2 Å². The summed E-state index contributed by atoms with van der Waals surface area (Å²) in [5.41, 5.74) is 1.60. The maximum absolute atomic E-state index is 11.1. The largest absolute Gasteiger partial charge is 0.383 e. The van der Waals surface area contributed by atoms with Crippen molar-refractivity contribution in [2.24, 2.45) is 16.8 Å². The Morgan fingerprint density at radius 2 is 1.92 bits per heavy atom. The number of rotatable bonds is 2. The first kappa shape index (κ1) is 19.0. The minimum Gasteiger partial charge on any atom is -0.383 e. The van der Waals surface area contributed by atoms with E-state index in [1.165, 1.54) is 31.2 Å². The summed E-state index contributed by atoms with van der Waals surface area (Å²) in [6.07, 6.45) is 7.27. The number of nitrogens with one attached hydrogen (secondary N) is 1. The second kappa shape index (κ2) is 7.82. The standard InChI is InChI=1S/C20H29N3O.HI/c1-21-19(23-12-16-7-2-3-8-17(16)13-23)22-14-20(24)11-10-15-6-4-5-9-18(15)20;/h4-6,9,16-17,24H,2-3,7-8,10-14H2,1H3,(H,21,22);1H. The lowest BCUT2D eigenvalue weighted by Crippen LogP contribution is -2.46. The Morgan fingerprint density at radius 3 is 2.60 bits per heavy atom. The third-order valence-electron chi connectivity index (χ3n) is 6.35. The van der Waals surface area contributed by atoms with Crippen molar-refractivity contribution in [3.05, 3.63) is 35.4 Å². The molecule has 2 aliphatic carbocycles. The van der Waals surface area contributed by atoms with Crippen LogP contribution in [-0.2, 0) is 12.0 Å². The summed E-state index contributed by atoms with van der Waals surface area (Å²) in [6, 6.07) is 8.28. The molecule has 1 heterocycles. The van der Waals surface area contributed by atoms with Gasteiger partial charge in [-0.1, -0.05) is 37.1 Å². The molecule has 0 bridgehead atoms. The summed E-state index contributed by atoms with van der Waals surface area (Å²) in [7, 11) is 1.86. The fourth-order valence-electron chi connectivity index (χ4n) is 4.99. The highest BCUT2D eigenvalue weighted by Gasteiger charge is 2.38. The number of nitrogens with zero attached hydrogens (tertiary/aromatic N) is 2. The van der Waals surface area contributed by atoms with Crippen molar-refractivity contribution >= 4 is 29.9 Å². The second-order valence-corrected chi connectivity index (χ2v) is 7.80. The molecule has 25 heavy (non-hydrogen) atoms. The number of aryl methyl sites for hydroxylation is 1. The molecule has 0 amide bonds. The van der Waals surface area contributed by atoms with Gasteiger partial charge >= 0.3 is 0 Å². The summed E-state index contributed by atoms with van der Waals surface area (Å²) in [5.74, 6) is 2.64. The van der Waals surface area contributed by atoms with Crippen LogP contribution in [0, 0.1) is 11.8 Å². The van der Waals surface area contributed by atoms with Gasteiger partial charge in [0.1, 0.15) is 5.60 Å². The maximum Gasteiger partial charge on any atom is 0.193 e. The van der Waals surface area contributed by atoms with E-state index in [-0.39, 0.29) is 24.0 Å². The Morgan fingerprint density at radius 1 is 1.24 bits per heavy atom. The highest BCUT2D eigenvalue weighted by molar-refractivity contribution is 14.0. The molecule has 2 N–H and O–H groups in total. The van der Waals surface area contributed by atoms with Crippen LogP contribution in [0.2, 0.25) is 0 Å². The van der Waals surface area contributed by atoms with Gasteiger partial charge in [0.2, 0.25) is 0 Å². The summed E-state index contributed by atoms with van der Waals surface area (Å²) in [6.45, 7) is 2.79. The van der Waals surface area contributed by atoms with Crippen LogP contribution < -0.4 is 5.32 Å². The fraction of sp³-hybridized carbons (Fsp3) is 0.650.